The number of pyridine rings is 1. The average Bonchev–Trinajstić information content (AvgIpc) is 2.62. The standard InChI is InChI=1S/C21H23N3O/c1-4-24(15(2)3)19-10-7-16(8-11-19)21(25)23-18-9-12-20-17(14-18)6-5-13-22-20/h5-15H,4H2,1-3H3,(H,23,25). The second-order valence-corrected chi connectivity index (χ2v) is 6.29. The summed E-state index contributed by atoms with van der Waals surface area (Å²) in [6, 6.07) is 17.8. The van der Waals surface area contributed by atoms with Crippen molar-refractivity contribution in [1.29, 1.82) is 0 Å². The van der Waals surface area contributed by atoms with E-state index in [1.807, 2.05) is 54.6 Å². The van der Waals surface area contributed by atoms with Crippen LogP contribution in [0.15, 0.2) is 60.8 Å². The minimum Gasteiger partial charge on any atom is -0.369 e. The molecule has 0 spiro atoms. The molecule has 2 aromatic carbocycles. The zero-order valence-corrected chi connectivity index (χ0v) is 14.9. The van der Waals surface area contributed by atoms with Crippen LogP contribution in [-0.2, 0) is 0 Å². The molecule has 128 valence electrons. The van der Waals surface area contributed by atoms with Crippen molar-refractivity contribution in [2.45, 2.75) is 26.8 Å². The summed E-state index contributed by atoms with van der Waals surface area (Å²) in [7, 11) is 0. The number of carbonyl (C=O) groups excluding carboxylic acids is 1. The number of carbonyl (C=O) groups is 1. The molecule has 3 rings (SSSR count). The van der Waals surface area contributed by atoms with Crippen molar-refractivity contribution in [3.8, 4) is 0 Å². The Morgan fingerprint density at radius 1 is 1.12 bits per heavy atom. The molecule has 25 heavy (non-hydrogen) atoms. The summed E-state index contributed by atoms with van der Waals surface area (Å²) in [5.41, 5.74) is 3.46. The van der Waals surface area contributed by atoms with E-state index >= 15 is 0 Å². The third-order valence-electron chi connectivity index (χ3n) is 4.29. The number of aromatic nitrogens is 1. The molecule has 4 nitrogen and oxygen atoms in total. The Kier molecular flexibility index (Phi) is 4.98. The highest BCUT2D eigenvalue weighted by atomic mass is 16.1. The van der Waals surface area contributed by atoms with Crippen LogP contribution in [0, 0.1) is 0 Å². The van der Waals surface area contributed by atoms with E-state index in [1.165, 1.54) is 0 Å². The number of hydrogen-bond donors (Lipinski definition) is 1. The third kappa shape index (κ3) is 3.79. The van der Waals surface area contributed by atoms with Gasteiger partial charge in [-0.15, -0.1) is 0 Å². The Bertz CT molecular complexity index is 872. The minimum absolute atomic E-state index is 0.109. The second-order valence-electron chi connectivity index (χ2n) is 6.29. The zero-order chi connectivity index (χ0) is 17.8. The van der Waals surface area contributed by atoms with Gasteiger partial charge in [0, 0.05) is 41.1 Å². The Morgan fingerprint density at radius 2 is 1.88 bits per heavy atom. The van der Waals surface area contributed by atoms with Crippen molar-refractivity contribution in [3.63, 3.8) is 0 Å². The van der Waals surface area contributed by atoms with E-state index in [4.69, 9.17) is 0 Å². The van der Waals surface area contributed by atoms with E-state index in [2.05, 4.69) is 36.0 Å². The van der Waals surface area contributed by atoms with Gasteiger partial charge < -0.3 is 10.2 Å². The first-order valence-corrected chi connectivity index (χ1v) is 8.61. The van der Waals surface area contributed by atoms with Crippen molar-refractivity contribution < 1.29 is 4.79 Å². The largest absolute Gasteiger partial charge is 0.369 e. The number of anilines is 2. The number of fused-ring (bicyclic) bond motifs is 1. The molecule has 0 atom stereocenters. The van der Waals surface area contributed by atoms with E-state index in [0.29, 0.717) is 11.6 Å². The quantitative estimate of drug-likeness (QED) is 0.734. The van der Waals surface area contributed by atoms with Gasteiger partial charge in [-0.3, -0.25) is 9.78 Å². The molecule has 0 unspecified atom stereocenters. The molecule has 4 heteroatoms. The van der Waals surface area contributed by atoms with Crippen molar-refractivity contribution in [2.75, 3.05) is 16.8 Å². The molecule has 1 aromatic heterocycles. The summed E-state index contributed by atoms with van der Waals surface area (Å²) in [4.78, 5) is 19.1. The molecule has 0 radical (unpaired) electrons. The van der Waals surface area contributed by atoms with Gasteiger partial charge in [0.1, 0.15) is 0 Å². The Labute approximate surface area is 148 Å². The maximum Gasteiger partial charge on any atom is 0.255 e. The van der Waals surface area contributed by atoms with Gasteiger partial charge in [-0.1, -0.05) is 6.07 Å². The highest BCUT2D eigenvalue weighted by molar-refractivity contribution is 6.05. The molecule has 0 aliphatic heterocycles. The summed E-state index contributed by atoms with van der Waals surface area (Å²) >= 11 is 0. The molecule has 0 aliphatic carbocycles. The van der Waals surface area contributed by atoms with E-state index in [1.54, 1.807) is 6.20 Å². The Balaban J connectivity index is 1.76. The van der Waals surface area contributed by atoms with Gasteiger partial charge in [0.05, 0.1) is 5.52 Å². The first-order valence-electron chi connectivity index (χ1n) is 8.61. The van der Waals surface area contributed by atoms with Gasteiger partial charge in [0.15, 0.2) is 0 Å². The van der Waals surface area contributed by atoms with Crippen LogP contribution in [-0.4, -0.2) is 23.5 Å². The molecule has 3 aromatic rings. The molecule has 0 saturated carbocycles. The van der Waals surface area contributed by atoms with Gasteiger partial charge in [-0.25, -0.2) is 0 Å². The lowest BCUT2D eigenvalue weighted by atomic mass is 10.1. The predicted molar refractivity (Wildman–Crippen MR) is 104 cm³/mol. The van der Waals surface area contributed by atoms with E-state index in [9.17, 15) is 4.79 Å². The van der Waals surface area contributed by atoms with Crippen molar-refractivity contribution in [2.24, 2.45) is 0 Å². The second kappa shape index (κ2) is 7.34. The van der Waals surface area contributed by atoms with Crippen LogP contribution in [0.2, 0.25) is 0 Å². The van der Waals surface area contributed by atoms with Crippen LogP contribution in [0.4, 0.5) is 11.4 Å². The van der Waals surface area contributed by atoms with Crippen LogP contribution in [0.3, 0.4) is 0 Å². The van der Waals surface area contributed by atoms with Gasteiger partial charge in [-0.2, -0.15) is 0 Å². The first kappa shape index (κ1) is 17.0. The molecule has 0 aliphatic rings. The number of amides is 1. The molecule has 0 bridgehead atoms. The molecule has 0 saturated heterocycles. The van der Waals surface area contributed by atoms with Gasteiger partial charge in [-0.05, 0) is 69.3 Å². The molecular formula is C21H23N3O. The normalized spacial score (nSPS) is 10.9. The lowest BCUT2D eigenvalue weighted by Gasteiger charge is -2.27. The first-order chi connectivity index (χ1) is 12.1. The number of benzene rings is 2. The molecular weight excluding hydrogens is 310 g/mol. The maximum atomic E-state index is 12.5. The fourth-order valence-electron chi connectivity index (χ4n) is 3.01. The van der Waals surface area contributed by atoms with Crippen LogP contribution in [0.5, 0.6) is 0 Å². The monoisotopic (exact) mass is 333 g/mol. The Hall–Kier alpha value is -2.88. The van der Waals surface area contributed by atoms with Crippen LogP contribution in [0.1, 0.15) is 31.1 Å². The van der Waals surface area contributed by atoms with Crippen molar-refractivity contribution in [3.05, 3.63) is 66.4 Å². The van der Waals surface area contributed by atoms with Crippen molar-refractivity contribution >= 4 is 28.2 Å². The summed E-state index contributed by atoms with van der Waals surface area (Å²) in [5, 5.41) is 3.96. The smallest absolute Gasteiger partial charge is 0.255 e. The number of rotatable bonds is 5. The lowest BCUT2D eigenvalue weighted by molar-refractivity contribution is 0.102. The minimum atomic E-state index is -0.109. The molecule has 0 fully saturated rings. The highest BCUT2D eigenvalue weighted by Gasteiger charge is 2.10. The number of nitrogens with zero attached hydrogens (tertiary/aromatic N) is 2. The topological polar surface area (TPSA) is 45.2 Å². The van der Waals surface area contributed by atoms with E-state index in [0.717, 1.165) is 28.8 Å². The van der Waals surface area contributed by atoms with E-state index < -0.39 is 0 Å². The van der Waals surface area contributed by atoms with Gasteiger partial charge >= 0.3 is 0 Å². The van der Waals surface area contributed by atoms with E-state index in [-0.39, 0.29) is 5.91 Å². The fraction of sp³-hybridized carbons (Fsp3) is 0.238. The number of nitrogens with one attached hydrogen (secondary N) is 1. The lowest BCUT2D eigenvalue weighted by Crippen LogP contribution is -2.30. The summed E-state index contributed by atoms with van der Waals surface area (Å²) in [6.07, 6.45) is 1.76. The van der Waals surface area contributed by atoms with Gasteiger partial charge in [0.25, 0.3) is 5.91 Å². The van der Waals surface area contributed by atoms with Crippen LogP contribution >= 0.6 is 0 Å². The summed E-state index contributed by atoms with van der Waals surface area (Å²) in [6.45, 7) is 7.40. The molecule has 1 heterocycles. The van der Waals surface area contributed by atoms with Crippen LogP contribution in [0.25, 0.3) is 10.9 Å². The average molecular weight is 333 g/mol. The predicted octanol–water partition coefficient (Wildman–Crippen LogP) is 4.72. The van der Waals surface area contributed by atoms with Crippen LogP contribution < -0.4 is 10.2 Å². The highest BCUT2D eigenvalue weighted by Crippen LogP contribution is 2.20. The summed E-state index contributed by atoms with van der Waals surface area (Å²) in [5.74, 6) is -0.109. The zero-order valence-electron chi connectivity index (χ0n) is 14.9. The SMILES string of the molecule is CCN(c1ccc(C(=O)Nc2ccc3ncccc3c2)cc1)C(C)C. The number of hydrogen-bond acceptors (Lipinski definition) is 3. The fourth-order valence-corrected chi connectivity index (χ4v) is 3.01. The summed E-state index contributed by atoms with van der Waals surface area (Å²) < 4.78 is 0. The van der Waals surface area contributed by atoms with Crippen molar-refractivity contribution in [1.82, 2.24) is 4.98 Å². The third-order valence-corrected chi connectivity index (χ3v) is 4.29. The molecule has 1 N–H and O–H groups in total. The molecule has 1 amide bonds. The van der Waals surface area contributed by atoms with Gasteiger partial charge in [0.2, 0.25) is 0 Å². The maximum absolute atomic E-state index is 12.5. The Morgan fingerprint density at radius 3 is 2.56 bits per heavy atom.